The first-order valence-electron chi connectivity index (χ1n) is 17.1. The van der Waals surface area contributed by atoms with Crippen molar-refractivity contribution in [3.8, 4) is 0 Å². The second kappa shape index (κ2) is 33.0. The van der Waals surface area contributed by atoms with Crippen LogP contribution in [0.2, 0.25) is 0 Å². The summed E-state index contributed by atoms with van der Waals surface area (Å²) < 4.78 is 55.9. The summed E-state index contributed by atoms with van der Waals surface area (Å²) >= 11 is 0. The van der Waals surface area contributed by atoms with Gasteiger partial charge in [0.15, 0.2) is 0 Å². The summed E-state index contributed by atoms with van der Waals surface area (Å²) in [5.74, 6) is -1.64. The molecule has 0 aliphatic heterocycles. The van der Waals surface area contributed by atoms with Crippen LogP contribution in [0.15, 0.2) is 36.4 Å². The molecular weight excluding hydrogens is 744 g/mol. The molecular formula is C34H62CrF4N6P4+4. The molecule has 2 aromatic rings. The molecule has 0 saturated carbocycles. The second-order valence-corrected chi connectivity index (χ2v) is 24.4. The van der Waals surface area contributed by atoms with Crippen molar-refractivity contribution in [1.82, 2.24) is 9.80 Å². The third-order valence-corrected chi connectivity index (χ3v) is 20.3. The van der Waals surface area contributed by atoms with Gasteiger partial charge < -0.3 is 0 Å². The number of nitrogens with zero attached hydrogens (tertiary/aromatic N) is 6. The topological polar surface area (TPSA) is 102 Å². The maximum Gasteiger partial charge on any atom is 0.130 e. The number of benzene rings is 2. The van der Waals surface area contributed by atoms with E-state index in [-0.39, 0.29) is 28.5 Å². The van der Waals surface area contributed by atoms with E-state index in [1.807, 2.05) is 0 Å². The van der Waals surface area contributed by atoms with Crippen molar-refractivity contribution in [2.75, 3.05) is 74.4 Å². The van der Waals surface area contributed by atoms with E-state index in [0.29, 0.717) is 13.1 Å². The van der Waals surface area contributed by atoms with Crippen molar-refractivity contribution >= 4 is 31.7 Å². The van der Waals surface area contributed by atoms with Gasteiger partial charge in [-0.3, -0.25) is 0 Å². The molecule has 0 heterocycles. The van der Waals surface area contributed by atoms with Crippen LogP contribution in [-0.2, 0) is 30.5 Å². The Morgan fingerprint density at radius 2 is 0.612 bits per heavy atom. The van der Waals surface area contributed by atoms with Crippen LogP contribution in [0.25, 0.3) is 0 Å². The normalized spacial score (nSPS) is 10.7. The first-order valence-corrected chi connectivity index (χ1v) is 25.6. The standard InChI is InChI=1S/2C17H29F2NP2.Cr.2N2/c2*1-5-21(6-2)13-20(14-22(7-3)8-4)12-15-16(18)10-9-11-17(15)19;;2*1-2/h2*9-11H,5-8,12-14H2,1-4H3;;;/p+4. The summed E-state index contributed by atoms with van der Waals surface area (Å²) in [6, 6.07) is 8.36. The number of rotatable bonds is 20. The molecule has 0 aromatic heterocycles. The molecule has 278 valence electrons. The van der Waals surface area contributed by atoms with Gasteiger partial charge in [-0.15, -0.1) is 0 Å². The molecule has 0 atom stereocenters. The summed E-state index contributed by atoms with van der Waals surface area (Å²) in [6.45, 7) is 18.8. The third kappa shape index (κ3) is 21.3. The maximum atomic E-state index is 14.0. The monoisotopic (exact) mass is 806 g/mol. The van der Waals surface area contributed by atoms with Gasteiger partial charge in [0.25, 0.3) is 0 Å². The predicted molar refractivity (Wildman–Crippen MR) is 208 cm³/mol. The van der Waals surface area contributed by atoms with Gasteiger partial charge >= 0.3 is 0 Å². The average Bonchev–Trinajstić information content (AvgIpc) is 3.11. The van der Waals surface area contributed by atoms with Crippen LogP contribution in [0.1, 0.15) is 66.5 Å². The molecule has 0 saturated heterocycles. The van der Waals surface area contributed by atoms with E-state index < -0.39 is 55.0 Å². The van der Waals surface area contributed by atoms with Gasteiger partial charge in [-0.1, -0.05) is 12.1 Å². The summed E-state index contributed by atoms with van der Waals surface area (Å²) in [4.78, 5) is 4.67. The summed E-state index contributed by atoms with van der Waals surface area (Å²) in [6.07, 6.45) is 13.9. The van der Waals surface area contributed by atoms with Crippen LogP contribution in [-0.4, -0.2) is 84.2 Å². The summed E-state index contributed by atoms with van der Waals surface area (Å²) in [5.41, 5.74) is 0.481. The fraction of sp³-hybridized carbons (Fsp3) is 0.647. The average molecular weight is 807 g/mol. The molecule has 0 spiro atoms. The zero-order valence-electron chi connectivity index (χ0n) is 31.0. The van der Waals surface area contributed by atoms with E-state index in [2.05, 4.69) is 65.2 Å². The van der Waals surface area contributed by atoms with E-state index >= 15 is 0 Å². The fourth-order valence-corrected chi connectivity index (χ4v) is 13.0. The zero-order chi connectivity index (χ0) is 37.1. The minimum absolute atomic E-state index is 0. The van der Waals surface area contributed by atoms with Gasteiger partial charge in [0.1, 0.15) is 48.4 Å². The summed E-state index contributed by atoms with van der Waals surface area (Å²) in [5, 5.41) is 24.0. The number of halogens is 4. The minimum Gasteiger partial charge on any atom is -0.234 e. The molecule has 2 aromatic carbocycles. The van der Waals surface area contributed by atoms with Gasteiger partial charge in [-0.05, 0) is 79.7 Å². The molecule has 0 N–H and O–H groups in total. The zero-order valence-corrected chi connectivity index (χ0v) is 36.2. The van der Waals surface area contributed by atoms with E-state index in [1.165, 1.54) is 85.7 Å². The van der Waals surface area contributed by atoms with Crippen molar-refractivity contribution in [1.29, 1.82) is 21.6 Å². The van der Waals surface area contributed by atoms with Crippen molar-refractivity contribution < 1.29 is 34.9 Å². The van der Waals surface area contributed by atoms with Crippen molar-refractivity contribution in [2.24, 2.45) is 0 Å². The smallest absolute Gasteiger partial charge is 0.130 e. The Kier molecular flexibility index (Phi) is 35.4. The second-order valence-electron chi connectivity index (χ2n) is 11.5. The molecule has 6 nitrogen and oxygen atoms in total. The van der Waals surface area contributed by atoms with Crippen molar-refractivity contribution in [3.63, 3.8) is 0 Å². The molecule has 15 heteroatoms. The van der Waals surface area contributed by atoms with E-state index in [9.17, 15) is 17.6 Å². The Morgan fingerprint density at radius 1 is 0.429 bits per heavy atom. The molecule has 0 fully saturated rings. The van der Waals surface area contributed by atoms with E-state index in [4.69, 9.17) is 21.6 Å². The van der Waals surface area contributed by atoms with Gasteiger partial charge in [0, 0.05) is 94.8 Å². The first-order chi connectivity index (χ1) is 23.1. The third-order valence-electron chi connectivity index (χ3n) is 8.68. The Balaban J connectivity index is -0.000000769. The first kappa shape index (κ1) is 52.5. The molecule has 0 aliphatic carbocycles. The Labute approximate surface area is 310 Å². The van der Waals surface area contributed by atoms with Gasteiger partial charge in [-0.25, -0.2) is 27.4 Å². The summed E-state index contributed by atoms with van der Waals surface area (Å²) in [7, 11) is -1.72. The van der Waals surface area contributed by atoms with Crippen LogP contribution < -0.4 is 0 Å². The van der Waals surface area contributed by atoms with Crippen LogP contribution in [0.3, 0.4) is 0 Å². The predicted octanol–water partition coefficient (Wildman–Crippen LogP) is 10.4. The van der Waals surface area contributed by atoms with Crippen LogP contribution in [0.5, 0.6) is 0 Å². The van der Waals surface area contributed by atoms with E-state index in [1.54, 1.807) is 0 Å². The Morgan fingerprint density at radius 3 is 0.776 bits per heavy atom. The van der Waals surface area contributed by atoms with Crippen LogP contribution >= 0.6 is 31.7 Å². The molecule has 0 amide bonds. The molecule has 0 bridgehead atoms. The molecule has 2 rings (SSSR count). The Bertz CT molecular complexity index is 982. The quantitative estimate of drug-likeness (QED) is 0.0750. The van der Waals surface area contributed by atoms with Crippen LogP contribution in [0.4, 0.5) is 17.6 Å². The van der Waals surface area contributed by atoms with Crippen molar-refractivity contribution in [3.05, 3.63) is 70.8 Å². The number of hydrogen-bond acceptors (Lipinski definition) is 6. The van der Waals surface area contributed by atoms with E-state index in [0.717, 1.165) is 25.1 Å². The number of hydrogen-bond donors (Lipinski definition) is 0. The van der Waals surface area contributed by atoms with Gasteiger partial charge in [-0.2, -0.15) is 0 Å². The van der Waals surface area contributed by atoms with Gasteiger partial charge in [0.2, 0.25) is 0 Å². The van der Waals surface area contributed by atoms with Crippen molar-refractivity contribution in [2.45, 2.75) is 68.5 Å². The Hall–Kier alpha value is -0.828. The minimum atomic E-state index is -0.430. The molecule has 0 aliphatic rings. The van der Waals surface area contributed by atoms with Crippen LogP contribution in [0, 0.1) is 44.8 Å². The molecule has 0 unspecified atom stereocenters. The fourth-order valence-electron chi connectivity index (χ4n) is 5.31. The largest absolute Gasteiger partial charge is 0.234 e. The maximum absolute atomic E-state index is 14.0. The molecule has 49 heavy (non-hydrogen) atoms. The molecule has 0 radical (unpaired) electrons. The van der Waals surface area contributed by atoms with Gasteiger partial charge in [0.05, 0.1) is 49.3 Å². The SMILES string of the molecule is CC[PH+](CC)CN(Cc1c(F)cccc1F)C[PH+](CC)CC.CC[PH+](CC)CN(Cc1c(F)cccc1F)C[PH+](CC)CC.N#N.N#N.[Cr].